The number of esters is 1. The maximum absolute atomic E-state index is 13.7. The van der Waals surface area contributed by atoms with Gasteiger partial charge in [0, 0.05) is 11.1 Å². The van der Waals surface area contributed by atoms with Gasteiger partial charge in [0.2, 0.25) is 5.75 Å². The maximum Gasteiger partial charge on any atom is 0.343 e. The monoisotopic (exact) mass is 490 g/mol. The van der Waals surface area contributed by atoms with Crippen LogP contribution in [0.25, 0.3) is 0 Å². The molecular formula is C31H32F2O3. The van der Waals surface area contributed by atoms with Gasteiger partial charge < -0.3 is 9.47 Å². The van der Waals surface area contributed by atoms with Crippen LogP contribution in [0.5, 0.6) is 11.5 Å². The van der Waals surface area contributed by atoms with Gasteiger partial charge in [-0.2, -0.15) is 0 Å². The van der Waals surface area contributed by atoms with Crippen LogP contribution in [-0.4, -0.2) is 12.6 Å². The maximum atomic E-state index is 13.7. The Hall–Kier alpha value is -3.65. The third kappa shape index (κ3) is 8.85. The van der Waals surface area contributed by atoms with Gasteiger partial charge in [0.25, 0.3) is 0 Å². The number of ether oxygens (including phenoxy) is 2. The molecule has 0 saturated heterocycles. The van der Waals surface area contributed by atoms with E-state index in [-0.39, 0.29) is 5.56 Å². The molecule has 3 aromatic carbocycles. The van der Waals surface area contributed by atoms with Gasteiger partial charge in [-0.05, 0) is 67.1 Å². The lowest BCUT2D eigenvalue weighted by Crippen LogP contribution is -2.10. The van der Waals surface area contributed by atoms with Gasteiger partial charge in [0.15, 0.2) is 11.6 Å². The van der Waals surface area contributed by atoms with Crippen molar-refractivity contribution in [1.82, 2.24) is 0 Å². The molecule has 3 rings (SSSR count). The van der Waals surface area contributed by atoms with E-state index < -0.39 is 23.4 Å². The predicted octanol–water partition coefficient (Wildman–Crippen LogP) is 8.10. The van der Waals surface area contributed by atoms with Crippen LogP contribution in [0.15, 0.2) is 66.7 Å². The van der Waals surface area contributed by atoms with Gasteiger partial charge in [-0.3, -0.25) is 0 Å². The van der Waals surface area contributed by atoms with Crippen LogP contribution in [0, 0.1) is 23.5 Å². The summed E-state index contributed by atoms with van der Waals surface area (Å²) in [6.45, 7) is 2.96. The molecule has 0 aliphatic rings. The Morgan fingerprint density at radius 3 is 1.83 bits per heavy atom. The van der Waals surface area contributed by atoms with E-state index in [0.29, 0.717) is 5.56 Å². The molecule has 3 nitrogen and oxygen atoms in total. The molecule has 0 unspecified atom stereocenters. The molecule has 0 aromatic heterocycles. The van der Waals surface area contributed by atoms with Gasteiger partial charge in [0.05, 0.1) is 12.2 Å². The Morgan fingerprint density at radius 2 is 1.25 bits per heavy atom. The molecule has 0 N–H and O–H groups in total. The predicted molar refractivity (Wildman–Crippen MR) is 138 cm³/mol. The molecular weight excluding hydrogens is 458 g/mol. The van der Waals surface area contributed by atoms with Crippen LogP contribution >= 0.6 is 0 Å². The first-order valence-electron chi connectivity index (χ1n) is 12.6. The largest absolute Gasteiger partial charge is 0.494 e. The molecule has 0 heterocycles. The Kier molecular flexibility index (Phi) is 11.0. The summed E-state index contributed by atoms with van der Waals surface area (Å²) in [5, 5.41) is 0. The van der Waals surface area contributed by atoms with E-state index in [1.807, 2.05) is 24.3 Å². The zero-order chi connectivity index (χ0) is 25.6. The topological polar surface area (TPSA) is 35.5 Å². The molecule has 3 aromatic rings. The minimum Gasteiger partial charge on any atom is -0.494 e. The molecule has 0 bridgehead atoms. The average Bonchev–Trinajstić information content (AvgIpc) is 2.89. The second kappa shape index (κ2) is 14.7. The summed E-state index contributed by atoms with van der Waals surface area (Å²) in [6.07, 6.45) is 10.2. The van der Waals surface area contributed by atoms with Crippen LogP contribution < -0.4 is 9.47 Å². The number of hydrogen-bond donors (Lipinski definition) is 0. The molecule has 0 atom stereocenters. The van der Waals surface area contributed by atoms with Crippen LogP contribution in [0.1, 0.15) is 79.8 Å². The SMILES string of the molecule is CCCCCCCCCCOc1ccc(C#Cc2ccc(C(=O)Oc3c(F)cccc3F)cc2)cc1. The van der Waals surface area contributed by atoms with Crippen molar-refractivity contribution in [2.45, 2.75) is 58.3 Å². The first kappa shape index (κ1) is 26.9. The fourth-order valence-electron chi connectivity index (χ4n) is 3.63. The first-order valence-corrected chi connectivity index (χ1v) is 12.6. The summed E-state index contributed by atoms with van der Waals surface area (Å²) in [5.74, 6) is 3.52. The van der Waals surface area contributed by atoms with Gasteiger partial charge in [-0.15, -0.1) is 0 Å². The molecule has 188 valence electrons. The van der Waals surface area contributed by atoms with E-state index in [0.717, 1.165) is 36.5 Å². The molecule has 0 spiro atoms. The molecule has 0 aliphatic heterocycles. The average molecular weight is 491 g/mol. The lowest BCUT2D eigenvalue weighted by atomic mass is 10.1. The molecule has 0 aliphatic carbocycles. The van der Waals surface area contributed by atoms with Crippen molar-refractivity contribution in [2.24, 2.45) is 0 Å². The number of halogens is 2. The van der Waals surface area contributed by atoms with E-state index in [2.05, 4.69) is 18.8 Å². The first-order chi connectivity index (χ1) is 17.6. The summed E-state index contributed by atoms with van der Waals surface area (Å²) in [4.78, 5) is 12.2. The standard InChI is InChI=1S/C31H32F2O3/c1-2-3-4-5-6-7-8-9-23-35-27-21-17-25(18-22-27)14-13-24-15-19-26(20-16-24)31(34)36-30-28(32)11-10-12-29(30)33/h10-12,15-22H,2-9,23H2,1H3. The van der Waals surface area contributed by atoms with Crippen molar-refractivity contribution in [2.75, 3.05) is 6.61 Å². The Morgan fingerprint density at radius 1 is 0.722 bits per heavy atom. The van der Waals surface area contributed by atoms with Gasteiger partial charge in [-0.1, -0.05) is 69.8 Å². The Balaban J connectivity index is 1.43. The summed E-state index contributed by atoms with van der Waals surface area (Å²) in [5.41, 5.74) is 1.70. The highest BCUT2D eigenvalue weighted by molar-refractivity contribution is 5.91. The summed E-state index contributed by atoms with van der Waals surface area (Å²) < 4.78 is 38.1. The molecule has 0 saturated carbocycles. The van der Waals surface area contributed by atoms with Crippen molar-refractivity contribution in [3.05, 3.63) is 95.1 Å². The van der Waals surface area contributed by atoms with Crippen LogP contribution in [0.4, 0.5) is 8.78 Å². The van der Waals surface area contributed by atoms with E-state index in [1.165, 1.54) is 63.1 Å². The zero-order valence-corrected chi connectivity index (χ0v) is 20.7. The second-order valence-electron chi connectivity index (χ2n) is 8.62. The number of hydrogen-bond acceptors (Lipinski definition) is 3. The van der Waals surface area contributed by atoms with Crippen molar-refractivity contribution < 1.29 is 23.0 Å². The van der Waals surface area contributed by atoms with Crippen LogP contribution in [-0.2, 0) is 0 Å². The van der Waals surface area contributed by atoms with Crippen LogP contribution in [0.3, 0.4) is 0 Å². The molecule has 0 amide bonds. The molecule has 0 fully saturated rings. The summed E-state index contributed by atoms with van der Waals surface area (Å²) in [7, 11) is 0. The quantitative estimate of drug-likeness (QED) is 0.111. The van der Waals surface area contributed by atoms with Crippen LogP contribution in [0.2, 0.25) is 0 Å². The minimum atomic E-state index is -0.935. The fourth-order valence-corrected chi connectivity index (χ4v) is 3.63. The van der Waals surface area contributed by atoms with Gasteiger partial charge in [-0.25, -0.2) is 13.6 Å². The van der Waals surface area contributed by atoms with Gasteiger partial charge >= 0.3 is 5.97 Å². The second-order valence-corrected chi connectivity index (χ2v) is 8.62. The lowest BCUT2D eigenvalue weighted by Gasteiger charge is -2.06. The zero-order valence-electron chi connectivity index (χ0n) is 20.7. The third-order valence-electron chi connectivity index (χ3n) is 5.71. The molecule has 0 radical (unpaired) electrons. The normalized spacial score (nSPS) is 10.4. The van der Waals surface area contributed by atoms with Crippen molar-refractivity contribution in [3.8, 4) is 23.3 Å². The number of carbonyl (C=O) groups is 1. The van der Waals surface area contributed by atoms with E-state index in [4.69, 9.17) is 9.47 Å². The number of para-hydroxylation sites is 1. The van der Waals surface area contributed by atoms with Crippen molar-refractivity contribution in [1.29, 1.82) is 0 Å². The minimum absolute atomic E-state index is 0.168. The van der Waals surface area contributed by atoms with Gasteiger partial charge in [0.1, 0.15) is 5.75 Å². The molecule has 36 heavy (non-hydrogen) atoms. The number of rotatable bonds is 12. The Bertz CT molecular complexity index is 1140. The summed E-state index contributed by atoms with van der Waals surface area (Å²) >= 11 is 0. The smallest absolute Gasteiger partial charge is 0.343 e. The third-order valence-corrected chi connectivity index (χ3v) is 5.71. The summed E-state index contributed by atoms with van der Waals surface area (Å²) in [6, 6.07) is 17.2. The molecule has 5 heteroatoms. The number of unbranched alkanes of at least 4 members (excludes halogenated alkanes) is 7. The van der Waals surface area contributed by atoms with E-state index >= 15 is 0 Å². The van der Waals surface area contributed by atoms with Crippen molar-refractivity contribution >= 4 is 5.97 Å². The fraction of sp³-hybridized carbons (Fsp3) is 0.323. The van der Waals surface area contributed by atoms with Crippen molar-refractivity contribution in [3.63, 3.8) is 0 Å². The number of benzene rings is 3. The van der Waals surface area contributed by atoms with E-state index in [1.54, 1.807) is 12.1 Å². The lowest BCUT2D eigenvalue weighted by molar-refractivity contribution is 0.0720. The highest BCUT2D eigenvalue weighted by Gasteiger charge is 2.15. The Labute approximate surface area is 212 Å². The highest BCUT2D eigenvalue weighted by atomic mass is 19.1. The van der Waals surface area contributed by atoms with E-state index in [9.17, 15) is 13.6 Å². The highest BCUT2D eigenvalue weighted by Crippen LogP contribution is 2.22. The number of carbonyl (C=O) groups excluding carboxylic acids is 1.